The van der Waals surface area contributed by atoms with Gasteiger partial charge in [0.1, 0.15) is 0 Å². The van der Waals surface area contributed by atoms with Gasteiger partial charge >= 0.3 is 0 Å². The highest BCUT2D eigenvalue weighted by atomic mass is 15.3. The lowest BCUT2D eigenvalue weighted by atomic mass is 9.99. The van der Waals surface area contributed by atoms with E-state index in [0.717, 1.165) is 105 Å². The molecule has 16 aliphatic heterocycles. The monoisotopic (exact) mass is 1420 g/mol. The molecule has 0 radical (unpaired) electrons. The minimum absolute atomic E-state index is 0.918. The Morgan fingerprint density at radius 2 is 0.676 bits per heavy atom. The predicted octanol–water partition coefficient (Wildman–Crippen LogP) is 10.8. The molecule has 0 bridgehead atoms. The molecule has 16 heteroatoms. The molecule has 8 aromatic carbocycles. The van der Waals surface area contributed by atoms with Gasteiger partial charge in [0.05, 0.1) is 144 Å². The van der Waals surface area contributed by atoms with E-state index in [-0.39, 0.29) is 0 Å². The van der Waals surface area contributed by atoms with Crippen LogP contribution in [0.25, 0.3) is 60.8 Å². The van der Waals surface area contributed by atoms with Crippen molar-refractivity contribution in [3.63, 3.8) is 0 Å². The fourth-order valence-corrected chi connectivity index (χ4v) is 20.1. The van der Waals surface area contributed by atoms with Gasteiger partial charge < -0.3 is 81.7 Å². The van der Waals surface area contributed by atoms with Gasteiger partial charge in [-0.05, 0) is 219 Å². The van der Waals surface area contributed by atoms with Crippen LogP contribution in [0.5, 0.6) is 0 Å². The van der Waals surface area contributed by atoms with Gasteiger partial charge in [0.25, 0.3) is 0 Å². The molecule has 0 saturated heterocycles. The molecule has 0 atom stereocenters. The van der Waals surface area contributed by atoms with Crippen molar-refractivity contribution in [1.29, 1.82) is 0 Å². The minimum Gasteiger partial charge on any atom is -0.366 e. The molecule has 8 N–H and O–H groups in total. The summed E-state index contributed by atoms with van der Waals surface area (Å²) in [5, 5.41) is 39.1. The smallest absolute Gasteiger partial charge is 0.0921 e. The van der Waals surface area contributed by atoms with E-state index in [4.69, 9.17) is 0 Å². The molecule has 0 fully saturated rings. The average Bonchev–Trinajstić information content (AvgIpc) is 1.61. The van der Waals surface area contributed by atoms with Gasteiger partial charge in [0, 0.05) is 57.2 Å². The van der Waals surface area contributed by atoms with Crippen LogP contribution in [0.15, 0.2) is 134 Å². The molecule has 0 saturated carbocycles. The van der Waals surface area contributed by atoms with Crippen molar-refractivity contribution < 1.29 is 0 Å². The standard InChI is InChI=1S/2C13H14N2.2C13H12N2.2C10H12N2.2C10H10N2/c4*1-3-9-7-12-13-11(10(9)4-1)5-2-6-15(13)8-14-12;4*1-3-8-4-2-6-12-7-11-9(5-1)10(8)12/h2*3-4,7,14H,1-2,5-6,8H2;2-4,6-7,14H,1,5,8H2;2-5,7,14H,1,6,8H2;2*1,3,5,11H,2,4,6-7H2;1-3,5-6,11H,4,7H2;1-5,11H,6-7H2. The number of para-hydroxylation sites is 4. The van der Waals surface area contributed by atoms with Crippen LogP contribution < -0.4 is 123 Å². The zero-order valence-electron chi connectivity index (χ0n) is 61.9. The molecular weight excluding hydrogens is 1330 g/mol. The summed E-state index contributed by atoms with van der Waals surface area (Å²) >= 11 is 0. The van der Waals surface area contributed by atoms with Gasteiger partial charge in [-0.15, -0.1) is 0 Å². The van der Waals surface area contributed by atoms with Gasteiger partial charge in [-0.1, -0.05) is 134 Å². The number of nitrogens with one attached hydrogen (secondary N) is 8. The van der Waals surface area contributed by atoms with E-state index in [1.165, 1.54) is 244 Å². The van der Waals surface area contributed by atoms with Crippen LogP contribution in [-0.2, 0) is 38.5 Å². The summed E-state index contributed by atoms with van der Waals surface area (Å²) < 4.78 is 0. The molecule has 16 heterocycles. The average molecular weight is 1430 g/mol. The number of nitrogens with zero attached hydrogens (tertiary/aromatic N) is 8. The summed E-state index contributed by atoms with van der Waals surface area (Å²) in [7, 11) is 0. The zero-order chi connectivity index (χ0) is 71.2. The van der Waals surface area contributed by atoms with Crippen molar-refractivity contribution in [2.75, 3.05) is 174 Å². The lowest BCUT2D eigenvalue weighted by Crippen LogP contribution is -2.34. The minimum atomic E-state index is 0.918. The maximum absolute atomic E-state index is 3.50. The van der Waals surface area contributed by atoms with Crippen LogP contribution in [0.2, 0.25) is 0 Å². The number of allylic oxidation sites excluding steroid dienone is 2. The number of anilines is 16. The second kappa shape index (κ2) is 27.4. The van der Waals surface area contributed by atoms with E-state index in [2.05, 4.69) is 276 Å². The Labute approximate surface area is 632 Å². The first-order chi connectivity index (χ1) is 53.5. The molecule has 0 amide bonds. The number of hydrogen-bond acceptors (Lipinski definition) is 16. The normalized spacial score (nSPS) is 19.0. The van der Waals surface area contributed by atoms with E-state index < -0.39 is 0 Å². The topological polar surface area (TPSA) is 122 Å². The van der Waals surface area contributed by atoms with E-state index in [0.29, 0.717) is 0 Å². The van der Waals surface area contributed by atoms with E-state index in [1.807, 2.05) is 0 Å². The Bertz CT molecular complexity index is 5560. The Morgan fingerprint density at radius 1 is 0.278 bits per heavy atom. The Morgan fingerprint density at radius 3 is 1.25 bits per heavy atom. The van der Waals surface area contributed by atoms with Crippen LogP contribution in [0.4, 0.5) is 91.0 Å². The summed E-state index contributed by atoms with van der Waals surface area (Å²) in [4.78, 5) is 19.2. The number of benzene rings is 8. The van der Waals surface area contributed by atoms with Gasteiger partial charge in [0.15, 0.2) is 0 Å². The molecule has 8 aromatic rings. The highest BCUT2D eigenvalue weighted by molar-refractivity contribution is 5.90. The van der Waals surface area contributed by atoms with Gasteiger partial charge in [-0.2, -0.15) is 0 Å². The Balaban J connectivity index is 0.0000000790. The quantitative estimate of drug-likeness (QED) is 0.0735. The zero-order valence-corrected chi connectivity index (χ0v) is 61.9. The third kappa shape index (κ3) is 11.5. The predicted molar refractivity (Wildman–Crippen MR) is 457 cm³/mol. The summed E-state index contributed by atoms with van der Waals surface area (Å²) in [6, 6.07) is 35.2. The SMILES string of the molecule is C1=CN2CNc3cc4c(c(c32)C1)=CCC=4.C1=CN2CNc3cccc(c32)C1.C1=Cc2c3c(cc4c2=CCC=4)NCN3C1.C1=Cc2cccc3c2N(C1)CN3.C1=c2cc3c4c(c2=CC1)CCCN4CN3.C1=c2cc3c4c(c2=CC1)CCCN4CN3.c1cc2c3c(c1)NCN3CCC2.c1cc2c3c(c1)NCN3CCC2. The van der Waals surface area contributed by atoms with Crippen molar-refractivity contribution in [3.8, 4) is 0 Å². The second-order valence-electron chi connectivity index (χ2n) is 31.2. The molecule has 0 aromatic heterocycles. The van der Waals surface area contributed by atoms with Crippen LogP contribution in [0.3, 0.4) is 0 Å². The van der Waals surface area contributed by atoms with Crippen LogP contribution in [-0.4, -0.2) is 92.6 Å². The van der Waals surface area contributed by atoms with E-state index >= 15 is 0 Å². The molecule has 544 valence electrons. The highest BCUT2D eigenvalue weighted by Gasteiger charge is 2.32. The van der Waals surface area contributed by atoms with Gasteiger partial charge in [0.2, 0.25) is 0 Å². The van der Waals surface area contributed by atoms with E-state index in [9.17, 15) is 0 Å². The van der Waals surface area contributed by atoms with Crippen LogP contribution in [0, 0.1) is 0 Å². The summed E-state index contributed by atoms with van der Waals surface area (Å²) in [6.07, 6.45) is 53.3. The van der Waals surface area contributed by atoms with Gasteiger partial charge in [-0.25, -0.2) is 0 Å². The van der Waals surface area contributed by atoms with E-state index in [1.54, 1.807) is 11.1 Å². The third-order valence-corrected chi connectivity index (χ3v) is 24.9. The van der Waals surface area contributed by atoms with Crippen molar-refractivity contribution in [2.24, 2.45) is 0 Å². The lowest BCUT2D eigenvalue weighted by molar-refractivity contribution is 0.726. The number of fused-ring (bicyclic) bond motifs is 8. The summed E-state index contributed by atoms with van der Waals surface area (Å²) in [6.45, 7) is 14.7. The van der Waals surface area contributed by atoms with Crippen molar-refractivity contribution in [3.05, 3.63) is 220 Å². The first kappa shape index (κ1) is 64.8. The second-order valence-corrected chi connectivity index (χ2v) is 31.2. The maximum Gasteiger partial charge on any atom is 0.0921 e. The van der Waals surface area contributed by atoms with Crippen LogP contribution in [0.1, 0.15) is 95.9 Å². The molecular formula is C92H96N16. The third-order valence-electron chi connectivity index (χ3n) is 24.9. The highest BCUT2D eigenvalue weighted by Crippen LogP contribution is 2.44. The molecule has 28 rings (SSSR count). The van der Waals surface area contributed by atoms with Crippen molar-refractivity contribution >= 4 is 152 Å². The Hall–Kier alpha value is -11.5. The summed E-state index contributed by atoms with van der Waals surface area (Å²) in [5.41, 5.74) is 33.9. The van der Waals surface area contributed by atoms with Crippen LogP contribution >= 0.6 is 0 Å². The maximum atomic E-state index is 3.50. The molecule has 108 heavy (non-hydrogen) atoms. The van der Waals surface area contributed by atoms with Crippen molar-refractivity contribution in [2.45, 2.75) is 89.9 Å². The fraction of sp³-hybridized carbons (Fsp3) is 0.304. The molecule has 20 aliphatic rings. The first-order valence-corrected chi connectivity index (χ1v) is 40.1. The first-order valence-electron chi connectivity index (χ1n) is 40.1. The van der Waals surface area contributed by atoms with Gasteiger partial charge in [-0.3, -0.25) is 0 Å². The number of aryl methyl sites for hydroxylation is 2. The number of hydrogen-bond donors (Lipinski definition) is 8. The molecule has 16 nitrogen and oxygen atoms in total. The molecule has 0 unspecified atom stereocenters. The van der Waals surface area contributed by atoms with Crippen molar-refractivity contribution in [1.82, 2.24) is 0 Å². The Kier molecular flexibility index (Phi) is 16.4. The number of rotatable bonds is 0. The fourth-order valence-electron chi connectivity index (χ4n) is 20.1. The molecule has 0 spiro atoms. The lowest BCUT2D eigenvalue weighted by Gasteiger charge is -2.25. The summed E-state index contributed by atoms with van der Waals surface area (Å²) in [5.74, 6) is 0. The largest absolute Gasteiger partial charge is 0.366 e. The molecule has 4 aliphatic carbocycles.